The normalized spacial score (nSPS) is 11.4. The van der Waals surface area contributed by atoms with Gasteiger partial charge in [0.05, 0.1) is 5.52 Å². The lowest BCUT2D eigenvalue weighted by Gasteiger charge is -2.09. The van der Waals surface area contributed by atoms with Gasteiger partial charge in [-0.05, 0) is 35.6 Å². The zero-order chi connectivity index (χ0) is 21.1. The van der Waals surface area contributed by atoms with Gasteiger partial charge in [0.2, 0.25) is 11.7 Å². The number of rotatable bonds is 8. The number of carbonyl (C=O) groups is 1. The van der Waals surface area contributed by atoms with E-state index in [1.54, 1.807) is 16.7 Å². The third-order valence-corrected chi connectivity index (χ3v) is 6.14. The first kappa shape index (κ1) is 20.6. The lowest BCUT2D eigenvalue weighted by atomic mass is 10.2. The number of nitrogens with one attached hydrogen (secondary N) is 1. The Morgan fingerprint density at radius 3 is 2.77 bits per heavy atom. The number of benzene rings is 1. The van der Waals surface area contributed by atoms with Crippen LogP contribution in [-0.4, -0.2) is 25.1 Å². The fraction of sp³-hybridized carbons (Fsp3) is 0.333. The van der Waals surface area contributed by atoms with Crippen molar-refractivity contribution in [1.82, 2.24) is 24.5 Å². The number of aromatic nitrogens is 4. The average molecular weight is 444 g/mol. The summed E-state index contributed by atoms with van der Waals surface area (Å²) >= 11 is 7.31. The van der Waals surface area contributed by atoms with Crippen LogP contribution in [0.25, 0.3) is 16.0 Å². The molecule has 1 amide bonds. The van der Waals surface area contributed by atoms with Crippen molar-refractivity contribution in [3.8, 4) is 0 Å². The first-order chi connectivity index (χ1) is 14.6. The van der Waals surface area contributed by atoms with Gasteiger partial charge in [-0.3, -0.25) is 18.6 Å². The maximum atomic E-state index is 12.8. The monoisotopic (exact) mass is 443 g/mol. The highest BCUT2D eigenvalue weighted by molar-refractivity contribution is 7.17. The van der Waals surface area contributed by atoms with Crippen LogP contribution in [0.5, 0.6) is 0 Å². The van der Waals surface area contributed by atoms with Crippen LogP contribution in [-0.2, 0) is 24.3 Å². The molecule has 1 aromatic carbocycles. The van der Waals surface area contributed by atoms with Gasteiger partial charge in [-0.15, -0.1) is 21.5 Å². The third kappa shape index (κ3) is 4.11. The van der Waals surface area contributed by atoms with Crippen molar-refractivity contribution < 1.29 is 4.79 Å². The second kappa shape index (κ2) is 8.97. The van der Waals surface area contributed by atoms with Crippen LogP contribution in [0.1, 0.15) is 37.6 Å². The van der Waals surface area contributed by atoms with Gasteiger partial charge in [0, 0.05) is 31.0 Å². The van der Waals surface area contributed by atoms with Crippen molar-refractivity contribution in [2.45, 2.75) is 45.7 Å². The first-order valence-electron chi connectivity index (χ1n) is 9.93. The van der Waals surface area contributed by atoms with Crippen molar-refractivity contribution in [2.75, 3.05) is 0 Å². The molecule has 1 N–H and O–H groups in total. The molecule has 9 heteroatoms. The summed E-state index contributed by atoms with van der Waals surface area (Å²) in [5.74, 6) is 1.15. The van der Waals surface area contributed by atoms with E-state index in [2.05, 4.69) is 22.4 Å². The third-order valence-electron chi connectivity index (χ3n) is 4.99. The summed E-state index contributed by atoms with van der Waals surface area (Å²) in [6.45, 7) is 3.14. The smallest absolute Gasteiger partial charge is 0.272 e. The molecule has 4 rings (SSSR count). The van der Waals surface area contributed by atoms with Gasteiger partial charge in [-0.25, -0.2) is 0 Å². The van der Waals surface area contributed by atoms with Gasteiger partial charge in [0.25, 0.3) is 5.56 Å². The largest absolute Gasteiger partial charge is 0.352 e. The van der Waals surface area contributed by atoms with Gasteiger partial charge in [0.15, 0.2) is 0 Å². The molecule has 0 aliphatic rings. The van der Waals surface area contributed by atoms with Crippen LogP contribution in [0.2, 0.25) is 5.02 Å². The van der Waals surface area contributed by atoms with Crippen molar-refractivity contribution in [3.05, 3.63) is 62.5 Å². The van der Waals surface area contributed by atoms with Crippen LogP contribution in [0.4, 0.5) is 0 Å². The minimum Gasteiger partial charge on any atom is -0.352 e. The lowest BCUT2D eigenvalue weighted by molar-refractivity contribution is -0.121. The lowest BCUT2D eigenvalue weighted by Crippen LogP contribution is -2.24. The number of unbranched alkanes of at least 4 members (excludes halogenated alkanes) is 1. The van der Waals surface area contributed by atoms with E-state index in [-0.39, 0.29) is 17.9 Å². The van der Waals surface area contributed by atoms with Crippen molar-refractivity contribution in [1.29, 1.82) is 0 Å². The molecule has 156 valence electrons. The van der Waals surface area contributed by atoms with Crippen LogP contribution in [0.15, 0.2) is 40.5 Å². The summed E-state index contributed by atoms with van der Waals surface area (Å²) in [5.41, 5.74) is 1.76. The Kier molecular flexibility index (Phi) is 6.15. The fourth-order valence-corrected chi connectivity index (χ4v) is 4.33. The van der Waals surface area contributed by atoms with E-state index in [1.165, 1.54) is 11.3 Å². The number of thiophene rings is 1. The molecular weight excluding hydrogens is 422 g/mol. The van der Waals surface area contributed by atoms with E-state index in [4.69, 9.17) is 11.6 Å². The van der Waals surface area contributed by atoms with Crippen molar-refractivity contribution in [2.24, 2.45) is 0 Å². The molecule has 0 bridgehead atoms. The Morgan fingerprint density at radius 2 is 2.00 bits per heavy atom. The molecule has 0 radical (unpaired) electrons. The van der Waals surface area contributed by atoms with E-state index in [0.717, 1.165) is 23.9 Å². The number of fused-ring (bicyclic) bond motifs is 3. The van der Waals surface area contributed by atoms with Gasteiger partial charge >= 0.3 is 0 Å². The van der Waals surface area contributed by atoms with E-state index < -0.39 is 0 Å². The molecule has 0 aliphatic carbocycles. The van der Waals surface area contributed by atoms with Crippen LogP contribution in [0, 0.1) is 0 Å². The van der Waals surface area contributed by atoms with Crippen LogP contribution in [0.3, 0.4) is 0 Å². The molecule has 0 atom stereocenters. The molecule has 4 aromatic rings. The number of amides is 1. The molecule has 0 aliphatic heterocycles. The van der Waals surface area contributed by atoms with E-state index in [1.807, 2.05) is 28.0 Å². The highest BCUT2D eigenvalue weighted by atomic mass is 35.5. The predicted molar refractivity (Wildman–Crippen MR) is 119 cm³/mol. The molecule has 30 heavy (non-hydrogen) atoms. The summed E-state index contributed by atoms with van der Waals surface area (Å²) in [6, 6.07) is 9.28. The summed E-state index contributed by atoms with van der Waals surface area (Å²) < 4.78 is 4.29. The first-order valence-corrected chi connectivity index (χ1v) is 11.2. The SMILES string of the molecule is CCCCn1c(=O)c2sccc2n2c(CCC(=O)NCc3ccc(Cl)cc3)nnc12. The van der Waals surface area contributed by atoms with E-state index in [0.29, 0.717) is 40.8 Å². The second-order valence-corrected chi connectivity index (χ2v) is 8.45. The van der Waals surface area contributed by atoms with E-state index in [9.17, 15) is 9.59 Å². The zero-order valence-electron chi connectivity index (χ0n) is 16.6. The van der Waals surface area contributed by atoms with E-state index >= 15 is 0 Å². The van der Waals surface area contributed by atoms with Crippen molar-refractivity contribution >= 4 is 44.8 Å². The number of hydrogen-bond donors (Lipinski definition) is 1. The Bertz CT molecular complexity index is 1240. The predicted octanol–water partition coefficient (Wildman–Crippen LogP) is 3.81. The summed E-state index contributed by atoms with van der Waals surface area (Å²) in [6.07, 6.45) is 2.59. The van der Waals surface area contributed by atoms with Gasteiger partial charge < -0.3 is 5.32 Å². The molecule has 3 aromatic heterocycles. The number of halogens is 1. The summed E-state index contributed by atoms with van der Waals surface area (Å²) in [7, 11) is 0. The number of aryl methyl sites for hydroxylation is 2. The van der Waals surface area contributed by atoms with Gasteiger partial charge in [0.1, 0.15) is 10.5 Å². The maximum absolute atomic E-state index is 12.8. The summed E-state index contributed by atoms with van der Waals surface area (Å²) in [5, 5.41) is 14.1. The minimum absolute atomic E-state index is 0.0272. The molecule has 7 nitrogen and oxygen atoms in total. The quantitative estimate of drug-likeness (QED) is 0.449. The van der Waals surface area contributed by atoms with Gasteiger partial charge in [-0.1, -0.05) is 37.1 Å². The van der Waals surface area contributed by atoms with Crippen molar-refractivity contribution in [3.63, 3.8) is 0 Å². The Morgan fingerprint density at radius 1 is 1.20 bits per heavy atom. The standard InChI is InChI=1S/C21H22ClN5O2S/c1-2-3-11-26-20(29)19-16(10-12-30-19)27-17(24-25-21(26)27)8-9-18(28)23-13-14-4-6-15(22)7-5-14/h4-7,10,12H,2-3,8-9,11,13H2,1H3,(H,23,28). The molecule has 0 unspecified atom stereocenters. The molecule has 3 heterocycles. The van der Waals surface area contributed by atoms with Gasteiger partial charge in [-0.2, -0.15) is 0 Å². The molecule has 0 saturated carbocycles. The molecule has 0 spiro atoms. The number of hydrogen-bond acceptors (Lipinski definition) is 5. The topological polar surface area (TPSA) is 81.3 Å². The minimum atomic E-state index is -0.0671. The summed E-state index contributed by atoms with van der Waals surface area (Å²) in [4.78, 5) is 25.2. The highest BCUT2D eigenvalue weighted by Gasteiger charge is 2.17. The Hall–Kier alpha value is -2.71. The zero-order valence-corrected chi connectivity index (χ0v) is 18.2. The number of carbonyl (C=O) groups excluding carboxylic acids is 1. The maximum Gasteiger partial charge on any atom is 0.272 e. The average Bonchev–Trinajstić information content (AvgIpc) is 3.39. The molecular formula is C21H22ClN5O2S. The Labute approximate surface area is 182 Å². The fourth-order valence-electron chi connectivity index (χ4n) is 3.38. The molecule has 0 saturated heterocycles. The van der Waals surface area contributed by atoms with Crippen LogP contribution >= 0.6 is 22.9 Å². The molecule has 0 fully saturated rings. The Balaban J connectivity index is 1.53. The highest BCUT2D eigenvalue weighted by Crippen LogP contribution is 2.20. The van der Waals surface area contributed by atoms with Crippen LogP contribution < -0.4 is 10.9 Å². The second-order valence-electron chi connectivity index (χ2n) is 7.10. The number of nitrogens with zero attached hydrogens (tertiary/aromatic N) is 4.